The fraction of sp³-hybridized carbons (Fsp3) is 0.176. The first-order valence-electron chi connectivity index (χ1n) is 13.4. The van der Waals surface area contributed by atoms with Crippen molar-refractivity contribution in [3.05, 3.63) is 119 Å². The molecule has 0 aliphatic rings. The van der Waals surface area contributed by atoms with Gasteiger partial charge in [0.2, 0.25) is 0 Å². The van der Waals surface area contributed by atoms with Gasteiger partial charge in [-0.3, -0.25) is 4.79 Å². The van der Waals surface area contributed by atoms with Crippen LogP contribution < -0.4 is 24.3 Å². The van der Waals surface area contributed by atoms with Crippen LogP contribution in [-0.2, 0) is 18.0 Å². The molecule has 0 spiro atoms. The van der Waals surface area contributed by atoms with E-state index >= 15 is 0 Å². The van der Waals surface area contributed by atoms with Crippen molar-refractivity contribution in [2.45, 2.75) is 27.1 Å². The Balaban J connectivity index is 1.46. The number of hydrogen-bond donors (Lipinski definition) is 1. The van der Waals surface area contributed by atoms with Gasteiger partial charge in [-0.1, -0.05) is 60.7 Å². The summed E-state index contributed by atoms with van der Waals surface area (Å²) in [6.45, 7) is 5.45. The van der Waals surface area contributed by atoms with Crippen molar-refractivity contribution in [2.24, 2.45) is 0 Å². The van der Waals surface area contributed by atoms with Crippen molar-refractivity contribution in [3.8, 4) is 29.1 Å². The molecule has 0 atom stereocenters. The average Bonchev–Trinajstić information content (AvgIpc) is 3.00. The molecule has 0 saturated heterocycles. The van der Waals surface area contributed by atoms with Crippen LogP contribution in [0.4, 0.5) is 5.69 Å². The summed E-state index contributed by atoms with van der Waals surface area (Å²) >= 11 is 0. The van der Waals surface area contributed by atoms with Crippen LogP contribution in [0, 0.1) is 11.3 Å². The second-order valence-electron chi connectivity index (χ2n) is 8.91. The van der Waals surface area contributed by atoms with E-state index in [2.05, 4.69) is 5.32 Å². The number of anilines is 1. The van der Waals surface area contributed by atoms with E-state index in [1.807, 2.05) is 86.6 Å². The molecule has 0 fully saturated rings. The Kier molecular flexibility index (Phi) is 10.4. The van der Waals surface area contributed by atoms with Crippen LogP contribution in [0.5, 0.6) is 23.0 Å². The second kappa shape index (κ2) is 14.8. The lowest BCUT2D eigenvalue weighted by Crippen LogP contribution is -2.13. The Morgan fingerprint density at radius 2 is 1.29 bits per heavy atom. The van der Waals surface area contributed by atoms with Gasteiger partial charge in [0.05, 0.1) is 13.2 Å². The van der Waals surface area contributed by atoms with Crippen molar-refractivity contribution in [1.29, 1.82) is 5.26 Å². The first-order valence-corrected chi connectivity index (χ1v) is 13.4. The molecule has 0 saturated carbocycles. The van der Waals surface area contributed by atoms with Crippen molar-refractivity contribution in [3.63, 3.8) is 0 Å². The SMILES string of the molecule is CCOc1cc(/C=C(\C#N)C(=O)Nc2ccccc2)ccc1OCc1ccc(OCc2ccccc2)c(OCC)c1. The van der Waals surface area contributed by atoms with Crippen LogP contribution in [0.25, 0.3) is 6.08 Å². The van der Waals surface area contributed by atoms with Crippen LogP contribution in [0.2, 0.25) is 0 Å². The third-order valence-corrected chi connectivity index (χ3v) is 5.91. The van der Waals surface area contributed by atoms with Gasteiger partial charge < -0.3 is 24.3 Å². The van der Waals surface area contributed by atoms with Crippen molar-refractivity contribution in [1.82, 2.24) is 0 Å². The lowest BCUT2D eigenvalue weighted by Gasteiger charge is -2.15. The Bertz CT molecular complexity index is 1510. The molecule has 4 rings (SSSR count). The zero-order valence-electron chi connectivity index (χ0n) is 23.1. The van der Waals surface area contributed by atoms with E-state index in [1.54, 1.807) is 30.3 Å². The highest BCUT2D eigenvalue weighted by Gasteiger charge is 2.13. The minimum atomic E-state index is -0.488. The molecule has 41 heavy (non-hydrogen) atoms. The lowest BCUT2D eigenvalue weighted by molar-refractivity contribution is -0.112. The van der Waals surface area contributed by atoms with Crippen molar-refractivity contribution in [2.75, 3.05) is 18.5 Å². The average molecular weight is 549 g/mol. The number of carbonyl (C=O) groups is 1. The minimum Gasteiger partial charge on any atom is -0.490 e. The van der Waals surface area contributed by atoms with Crippen molar-refractivity contribution < 1.29 is 23.7 Å². The van der Waals surface area contributed by atoms with Crippen LogP contribution in [0.1, 0.15) is 30.5 Å². The van der Waals surface area contributed by atoms with Crippen LogP contribution in [-0.4, -0.2) is 19.1 Å². The normalized spacial score (nSPS) is 10.8. The molecule has 7 heteroatoms. The molecule has 0 aromatic heterocycles. The number of para-hydroxylation sites is 1. The molecule has 1 amide bonds. The van der Waals surface area contributed by atoms with Gasteiger partial charge in [0.15, 0.2) is 23.0 Å². The molecule has 7 nitrogen and oxygen atoms in total. The van der Waals surface area contributed by atoms with Gasteiger partial charge in [0.25, 0.3) is 5.91 Å². The summed E-state index contributed by atoms with van der Waals surface area (Å²) in [5.74, 6) is 1.87. The monoisotopic (exact) mass is 548 g/mol. The molecular formula is C34H32N2O5. The fourth-order valence-corrected chi connectivity index (χ4v) is 3.96. The number of ether oxygens (including phenoxy) is 4. The van der Waals surface area contributed by atoms with E-state index in [-0.39, 0.29) is 12.2 Å². The fourth-order valence-electron chi connectivity index (χ4n) is 3.96. The Hall–Kier alpha value is -5.22. The predicted molar refractivity (Wildman–Crippen MR) is 159 cm³/mol. The Morgan fingerprint density at radius 1 is 0.707 bits per heavy atom. The second-order valence-corrected chi connectivity index (χ2v) is 8.91. The number of nitrogens with one attached hydrogen (secondary N) is 1. The Morgan fingerprint density at radius 3 is 1.93 bits per heavy atom. The number of rotatable bonds is 13. The van der Waals surface area contributed by atoms with E-state index < -0.39 is 5.91 Å². The molecule has 1 N–H and O–H groups in total. The van der Waals surface area contributed by atoms with E-state index in [4.69, 9.17) is 18.9 Å². The molecule has 4 aromatic rings. The number of benzene rings is 4. The number of amides is 1. The molecule has 0 radical (unpaired) electrons. The first kappa shape index (κ1) is 28.8. The highest BCUT2D eigenvalue weighted by atomic mass is 16.5. The summed E-state index contributed by atoms with van der Waals surface area (Å²) in [5.41, 5.74) is 3.20. The van der Waals surface area contributed by atoms with Gasteiger partial charge in [0, 0.05) is 5.69 Å². The number of hydrogen-bond acceptors (Lipinski definition) is 6. The molecule has 0 heterocycles. The maximum atomic E-state index is 12.6. The zero-order valence-corrected chi connectivity index (χ0v) is 23.1. The standard InChI is InChI=1S/C34H32N2O5/c1-3-38-32-20-26(19-28(22-35)34(37)36-29-13-9-6-10-14-29)15-17-30(32)41-24-27-16-18-31(33(21-27)39-4-2)40-23-25-11-7-5-8-12-25/h5-21H,3-4,23-24H2,1-2H3,(H,36,37)/b28-19+. The third kappa shape index (κ3) is 8.38. The molecule has 0 aliphatic heterocycles. The van der Waals surface area contributed by atoms with E-state index in [9.17, 15) is 10.1 Å². The van der Waals surface area contributed by atoms with Crippen LogP contribution in [0.15, 0.2) is 103 Å². The smallest absolute Gasteiger partial charge is 0.266 e. The van der Waals surface area contributed by atoms with E-state index in [1.165, 1.54) is 6.08 Å². The summed E-state index contributed by atoms with van der Waals surface area (Å²) in [5, 5.41) is 12.3. The van der Waals surface area contributed by atoms with Gasteiger partial charge in [0.1, 0.15) is 24.9 Å². The maximum absolute atomic E-state index is 12.6. The summed E-state index contributed by atoms with van der Waals surface area (Å²) < 4.78 is 23.8. The van der Waals surface area contributed by atoms with E-state index in [0.717, 1.165) is 11.1 Å². The largest absolute Gasteiger partial charge is 0.490 e. The molecule has 0 bridgehead atoms. The number of nitriles is 1. The zero-order chi connectivity index (χ0) is 28.9. The molecule has 208 valence electrons. The Labute approximate surface area is 240 Å². The van der Waals surface area contributed by atoms with Gasteiger partial charge in [-0.25, -0.2) is 0 Å². The predicted octanol–water partition coefficient (Wildman–Crippen LogP) is 7.19. The first-order chi connectivity index (χ1) is 20.1. The molecule has 0 aliphatic carbocycles. The summed E-state index contributed by atoms with van der Waals surface area (Å²) in [7, 11) is 0. The third-order valence-electron chi connectivity index (χ3n) is 5.91. The lowest BCUT2D eigenvalue weighted by atomic mass is 10.1. The molecular weight excluding hydrogens is 516 g/mol. The van der Waals surface area contributed by atoms with Crippen LogP contribution >= 0.6 is 0 Å². The summed E-state index contributed by atoms with van der Waals surface area (Å²) in [6.07, 6.45) is 1.52. The van der Waals surface area contributed by atoms with Gasteiger partial charge in [-0.2, -0.15) is 5.26 Å². The highest BCUT2D eigenvalue weighted by molar-refractivity contribution is 6.09. The number of nitrogens with zero attached hydrogens (tertiary/aromatic N) is 1. The minimum absolute atomic E-state index is 0.0250. The van der Waals surface area contributed by atoms with Gasteiger partial charge in [-0.05, 0) is 73.0 Å². The quantitative estimate of drug-likeness (QED) is 0.141. The summed E-state index contributed by atoms with van der Waals surface area (Å²) in [6, 6.07) is 31.9. The topological polar surface area (TPSA) is 89.8 Å². The summed E-state index contributed by atoms with van der Waals surface area (Å²) in [4.78, 5) is 12.6. The van der Waals surface area contributed by atoms with Crippen LogP contribution in [0.3, 0.4) is 0 Å². The number of carbonyl (C=O) groups excluding carboxylic acids is 1. The van der Waals surface area contributed by atoms with Crippen molar-refractivity contribution >= 4 is 17.7 Å². The highest BCUT2D eigenvalue weighted by Crippen LogP contribution is 2.33. The maximum Gasteiger partial charge on any atom is 0.266 e. The molecule has 4 aromatic carbocycles. The van der Waals surface area contributed by atoms with Gasteiger partial charge >= 0.3 is 0 Å². The van der Waals surface area contributed by atoms with Gasteiger partial charge in [-0.15, -0.1) is 0 Å². The molecule has 0 unspecified atom stereocenters. The van der Waals surface area contributed by atoms with E-state index in [0.29, 0.717) is 54.1 Å².